The van der Waals surface area contributed by atoms with E-state index >= 15 is 0 Å². The Labute approximate surface area is 127 Å². The third-order valence-corrected chi connectivity index (χ3v) is 4.30. The number of hydrogen-bond acceptors (Lipinski definition) is 2. The Morgan fingerprint density at radius 2 is 1.90 bits per heavy atom. The van der Waals surface area contributed by atoms with Crippen molar-refractivity contribution in [2.75, 3.05) is 20.2 Å². The van der Waals surface area contributed by atoms with Crippen molar-refractivity contribution in [1.82, 2.24) is 4.90 Å². The number of methoxy groups -OCH3 is 1. The zero-order chi connectivity index (χ0) is 14.5. The minimum Gasteiger partial charge on any atom is -0.496 e. The Bertz CT molecular complexity index is 579. The van der Waals surface area contributed by atoms with Crippen LogP contribution < -0.4 is 4.74 Å². The second-order valence-electron chi connectivity index (χ2n) is 5.71. The third kappa shape index (κ3) is 3.45. The Balaban J connectivity index is 1.55. The van der Waals surface area contributed by atoms with Gasteiger partial charge < -0.3 is 4.74 Å². The molecule has 21 heavy (non-hydrogen) atoms. The molecule has 0 N–H and O–H groups in total. The molecule has 0 spiro atoms. The summed E-state index contributed by atoms with van der Waals surface area (Å²) in [6.45, 7) is 3.37. The molecule has 2 aromatic rings. The fraction of sp³-hybridized carbons (Fsp3) is 0.368. The molecule has 110 valence electrons. The summed E-state index contributed by atoms with van der Waals surface area (Å²) in [6.07, 6.45) is 3.50. The monoisotopic (exact) mass is 281 g/mol. The second-order valence-corrected chi connectivity index (χ2v) is 5.71. The van der Waals surface area contributed by atoms with Crippen molar-refractivity contribution in [3.05, 3.63) is 65.2 Å². The molecular formula is C19H23NO. The van der Waals surface area contributed by atoms with Crippen molar-refractivity contribution in [1.29, 1.82) is 0 Å². The molecule has 0 fully saturated rings. The first-order valence-electron chi connectivity index (χ1n) is 7.78. The molecule has 0 aromatic heterocycles. The number of hydrogen-bond donors (Lipinski definition) is 0. The highest BCUT2D eigenvalue weighted by atomic mass is 16.5. The molecule has 0 aliphatic carbocycles. The normalized spacial score (nSPS) is 14.7. The first-order valence-corrected chi connectivity index (χ1v) is 7.78. The quantitative estimate of drug-likeness (QED) is 0.829. The van der Waals surface area contributed by atoms with Gasteiger partial charge in [0.1, 0.15) is 5.75 Å². The topological polar surface area (TPSA) is 12.5 Å². The van der Waals surface area contributed by atoms with Crippen molar-refractivity contribution in [3.63, 3.8) is 0 Å². The van der Waals surface area contributed by atoms with Crippen LogP contribution in [0.5, 0.6) is 5.75 Å². The average molecular weight is 281 g/mol. The lowest BCUT2D eigenvalue weighted by molar-refractivity contribution is 0.248. The number of benzene rings is 2. The van der Waals surface area contributed by atoms with E-state index in [0.29, 0.717) is 0 Å². The lowest BCUT2D eigenvalue weighted by Gasteiger charge is -2.29. The largest absolute Gasteiger partial charge is 0.496 e. The predicted octanol–water partition coefficient (Wildman–Crippen LogP) is 3.69. The van der Waals surface area contributed by atoms with E-state index in [0.717, 1.165) is 25.3 Å². The summed E-state index contributed by atoms with van der Waals surface area (Å²) in [5.41, 5.74) is 4.27. The molecule has 0 atom stereocenters. The van der Waals surface area contributed by atoms with E-state index in [1.807, 2.05) is 0 Å². The van der Waals surface area contributed by atoms with Crippen LogP contribution in [0.15, 0.2) is 48.5 Å². The van der Waals surface area contributed by atoms with E-state index in [4.69, 9.17) is 4.74 Å². The van der Waals surface area contributed by atoms with Crippen LogP contribution in [0, 0.1) is 0 Å². The summed E-state index contributed by atoms with van der Waals surface area (Å²) < 4.78 is 5.47. The molecule has 0 saturated carbocycles. The summed E-state index contributed by atoms with van der Waals surface area (Å²) in [5, 5.41) is 0. The van der Waals surface area contributed by atoms with Gasteiger partial charge in [0.2, 0.25) is 0 Å². The summed E-state index contributed by atoms with van der Waals surface area (Å²) in [7, 11) is 1.77. The van der Waals surface area contributed by atoms with Gasteiger partial charge in [-0.2, -0.15) is 0 Å². The van der Waals surface area contributed by atoms with E-state index < -0.39 is 0 Å². The standard InChI is InChI=1S/C19H23NO/c1-21-19-11-5-10-17-15-20(14-12-18(17)19)13-6-9-16-7-3-2-4-8-16/h2-5,7-8,10-11H,6,9,12-15H2,1H3. The molecule has 3 rings (SSSR count). The van der Waals surface area contributed by atoms with Crippen LogP contribution >= 0.6 is 0 Å². The van der Waals surface area contributed by atoms with Crippen LogP contribution in [-0.4, -0.2) is 25.1 Å². The summed E-state index contributed by atoms with van der Waals surface area (Å²) >= 11 is 0. The first-order chi connectivity index (χ1) is 10.4. The molecule has 0 bridgehead atoms. The molecule has 2 heteroatoms. The Hall–Kier alpha value is -1.80. The zero-order valence-electron chi connectivity index (χ0n) is 12.7. The molecule has 0 amide bonds. The maximum absolute atomic E-state index is 5.47. The minimum atomic E-state index is 1.05. The first kappa shape index (κ1) is 14.2. The van der Waals surface area contributed by atoms with Gasteiger partial charge in [0.25, 0.3) is 0 Å². The molecule has 1 aliphatic heterocycles. The molecule has 0 unspecified atom stereocenters. The SMILES string of the molecule is COc1cccc2c1CCN(CCCc1ccccc1)C2. The molecular weight excluding hydrogens is 258 g/mol. The van der Waals surface area contributed by atoms with Gasteiger partial charge in [-0.25, -0.2) is 0 Å². The van der Waals surface area contributed by atoms with Crippen LogP contribution in [0.25, 0.3) is 0 Å². The van der Waals surface area contributed by atoms with Crippen LogP contribution in [0.2, 0.25) is 0 Å². The fourth-order valence-electron chi connectivity index (χ4n) is 3.17. The molecule has 2 nitrogen and oxygen atoms in total. The number of aryl methyl sites for hydroxylation is 1. The Morgan fingerprint density at radius 1 is 1.05 bits per heavy atom. The summed E-state index contributed by atoms with van der Waals surface area (Å²) in [4.78, 5) is 2.56. The van der Waals surface area contributed by atoms with Gasteiger partial charge in [0.15, 0.2) is 0 Å². The summed E-state index contributed by atoms with van der Waals surface area (Å²) in [6, 6.07) is 17.2. The van der Waals surface area contributed by atoms with Gasteiger partial charge in [0, 0.05) is 13.1 Å². The van der Waals surface area contributed by atoms with Gasteiger partial charge in [-0.15, -0.1) is 0 Å². The van der Waals surface area contributed by atoms with E-state index in [2.05, 4.69) is 53.4 Å². The van der Waals surface area contributed by atoms with Crippen molar-refractivity contribution >= 4 is 0 Å². The highest BCUT2D eigenvalue weighted by Gasteiger charge is 2.18. The summed E-state index contributed by atoms with van der Waals surface area (Å²) in [5.74, 6) is 1.05. The molecule has 1 heterocycles. The Morgan fingerprint density at radius 3 is 2.71 bits per heavy atom. The van der Waals surface area contributed by atoms with Crippen LogP contribution in [0.4, 0.5) is 0 Å². The predicted molar refractivity (Wildman–Crippen MR) is 86.7 cm³/mol. The Kier molecular flexibility index (Phi) is 4.56. The van der Waals surface area contributed by atoms with E-state index in [9.17, 15) is 0 Å². The number of fused-ring (bicyclic) bond motifs is 1. The van der Waals surface area contributed by atoms with Crippen molar-refractivity contribution in [2.45, 2.75) is 25.8 Å². The number of nitrogens with zero attached hydrogens (tertiary/aromatic N) is 1. The maximum Gasteiger partial charge on any atom is 0.122 e. The van der Waals surface area contributed by atoms with Crippen LogP contribution in [-0.2, 0) is 19.4 Å². The second kappa shape index (κ2) is 6.77. The molecule has 2 aromatic carbocycles. The highest BCUT2D eigenvalue weighted by molar-refractivity contribution is 5.41. The fourth-order valence-corrected chi connectivity index (χ4v) is 3.17. The van der Waals surface area contributed by atoms with Crippen LogP contribution in [0.3, 0.4) is 0 Å². The average Bonchev–Trinajstić information content (AvgIpc) is 2.55. The molecule has 1 aliphatic rings. The number of ether oxygens (including phenoxy) is 1. The third-order valence-electron chi connectivity index (χ3n) is 4.30. The van der Waals surface area contributed by atoms with Gasteiger partial charge >= 0.3 is 0 Å². The lowest BCUT2D eigenvalue weighted by Crippen LogP contribution is -2.31. The van der Waals surface area contributed by atoms with E-state index in [-0.39, 0.29) is 0 Å². The van der Waals surface area contributed by atoms with Crippen molar-refractivity contribution < 1.29 is 4.74 Å². The molecule has 0 saturated heterocycles. The van der Waals surface area contributed by atoms with Gasteiger partial charge in [-0.1, -0.05) is 42.5 Å². The zero-order valence-corrected chi connectivity index (χ0v) is 12.7. The number of rotatable bonds is 5. The lowest BCUT2D eigenvalue weighted by atomic mass is 9.98. The van der Waals surface area contributed by atoms with E-state index in [1.165, 1.54) is 36.1 Å². The van der Waals surface area contributed by atoms with Gasteiger partial charge in [-0.3, -0.25) is 4.90 Å². The smallest absolute Gasteiger partial charge is 0.122 e. The van der Waals surface area contributed by atoms with Crippen molar-refractivity contribution in [2.24, 2.45) is 0 Å². The molecule has 0 radical (unpaired) electrons. The van der Waals surface area contributed by atoms with Crippen molar-refractivity contribution in [3.8, 4) is 5.75 Å². The van der Waals surface area contributed by atoms with E-state index in [1.54, 1.807) is 7.11 Å². The maximum atomic E-state index is 5.47. The van der Waals surface area contributed by atoms with Crippen LogP contribution in [0.1, 0.15) is 23.1 Å². The van der Waals surface area contributed by atoms with Gasteiger partial charge in [0.05, 0.1) is 7.11 Å². The highest BCUT2D eigenvalue weighted by Crippen LogP contribution is 2.27. The van der Waals surface area contributed by atoms with Gasteiger partial charge in [-0.05, 0) is 48.6 Å². The minimum absolute atomic E-state index is 1.05.